The zero-order valence-electron chi connectivity index (χ0n) is 13.7. The summed E-state index contributed by atoms with van der Waals surface area (Å²) in [4.78, 5) is 18.6. The molecule has 8 heteroatoms. The van der Waals surface area contributed by atoms with Crippen LogP contribution in [0.15, 0.2) is 29.4 Å². The van der Waals surface area contributed by atoms with E-state index in [1.807, 2.05) is 0 Å². The van der Waals surface area contributed by atoms with Gasteiger partial charge >= 0.3 is 0 Å². The highest BCUT2D eigenvalue weighted by Crippen LogP contribution is 2.32. The smallest absolute Gasteiger partial charge is 0.244 e. The number of pyridine rings is 1. The van der Waals surface area contributed by atoms with E-state index in [-0.39, 0.29) is 22.6 Å². The first-order chi connectivity index (χ1) is 11.5. The second-order valence-corrected chi connectivity index (χ2v) is 8.39. The molecule has 3 rings (SSSR count). The molecule has 2 atom stereocenters. The Morgan fingerprint density at radius 1 is 1.25 bits per heavy atom. The summed E-state index contributed by atoms with van der Waals surface area (Å²) < 4.78 is 26.6. The van der Waals surface area contributed by atoms with Gasteiger partial charge in [-0.2, -0.15) is 4.31 Å². The maximum Gasteiger partial charge on any atom is 0.244 e. The quantitative estimate of drug-likeness (QED) is 0.840. The summed E-state index contributed by atoms with van der Waals surface area (Å²) >= 11 is 0. The van der Waals surface area contributed by atoms with Crippen LogP contribution in [0.25, 0.3) is 0 Å². The van der Waals surface area contributed by atoms with Gasteiger partial charge in [0.15, 0.2) is 0 Å². The molecule has 0 spiro atoms. The maximum atomic E-state index is 12.7. The van der Waals surface area contributed by atoms with Crippen LogP contribution in [0.3, 0.4) is 0 Å². The summed E-state index contributed by atoms with van der Waals surface area (Å²) in [5.41, 5.74) is 5.77. The number of piperazine rings is 1. The number of hydrogen-bond donors (Lipinski definition) is 1. The summed E-state index contributed by atoms with van der Waals surface area (Å²) in [7, 11) is -3.53. The Kier molecular flexibility index (Phi) is 5.17. The van der Waals surface area contributed by atoms with E-state index in [1.54, 1.807) is 23.2 Å². The molecule has 132 valence electrons. The predicted molar refractivity (Wildman–Crippen MR) is 89.5 cm³/mol. The van der Waals surface area contributed by atoms with E-state index in [1.165, 1.54) is 10.5 Å². The molecule has 0 radical (unpaired) electrons. The standard InChI is InChI=1S/C16H24N4O3S/c17-11-13-3-1-5-15(13)16(21)19-7-9-20(10-8-19)24(22,23)14-4-2-6-18-12-14/h2,4,6,12-13,15H,1,3,5,7-11,17H2/t13-,15-/m1/s1. The van der Waals surface area contributed by atoms with Gasteiger partial charge in [0.2, 0.25) is 15.9 Å². The molecule has 1 aliphatic carbocycles. The molecule has 1 aliphatic heterocycles. The van der Waals surface area contributed by atoms with Gasteiger partial charge in [-0.25, -0.2) is 8.42 Å². The second kappa shape index (κ2) is 7.16. The van der Waals surface area contributed by atoms with E-state index in [4.69, 9.17) is 5.73 Å². The van der Waals surface area contributed by atoms with Gasteiger partial charge in [0.1, 0.15) is 4.90 Å². The van der Waals surface area contributed by atoms with Gasteiger partial charge in [-0.1, -0.05) is 6.42 Å². The number of hydrogen-bond acceptors (Lipinski definition) is 5. The van der Waals surface area contributed by atoms with Crippen molar-refractivity contribution in [2.24, 2.45) is 17.6 Å². The van der Waals surface area contributed by atoms with E-state index < -0.39 is 10.0 Å². The fraction of sp³-hybridized carbons (Fsp3) is 0.625. The Morgan fingerprint density at radius 2 is 2.00 bits per heavy atom. The molecule has 2 N–H and O–H groups in total. The zero-order chi connectivity index (χ0) is 17.2. The van der Waals surface area contributed by atoms with Crippen LogP contribution in [-0.2, 0) is 14.8 Å². The molecule has 7 nitrogen and oxygen atoms in total. The summed E-state index contributed by atoms with van der Waals surface area (Å²) in [5.74, 6) is 0.424. The number of aromatic nitrogens is 1. The van der Waals surface area contributed by atoms with Crippen molar-refractivity contribution >= 4 is 15.9 Å². The minimum atomic E-state index is -3.53. The first kappa shape index (κ1) is 17.3. The minimum absolute atomic E-state index is 0.0106. The molecular weight excluding hydrogens is 328 g/mol. The highest BCUT2D eigenvalue weighted by Gasteiger charge is 2.37. The zero-order valence-corrected chi connectivity index (χ0v) is 14.5. The lowest BCUT2D eigenvalue weighted by atomic mass is 9.94. The fourth-order valence-corrected chi connectivity index (χ4v) is 5.06. The maximum absolute atomic E-state index is 12.7. The molecule has 0 aromatic carbocycles. The first-order valence-corrected chi connectivity index (χ1v) is 9.87. The van der Waals surface area contributed by atoms with Gasteiger partial charge in [-0.3, -0.25) is 9.78 Å². The van der Waals surface area contributed by atoms with E-state index >= 15 is 0 Å². The van der Waals surface area contributed by atoms with Crippen LogP contribution in [-0.4, -0.2) is 61.2 Å². The average molecular weight is 352 g/mol. The molecule has 1 saturated carbocycles. The molecule has 24 heavy (non-hydrogen) atoms. The number of carbonyl (C=O) groups excluding carboxylic acids is 1. The highest BCUT2D eigenvalue weighted by molar-refractivity contribution is 7.89. The van der Waals surface area contributed by atoms with Gasteiger partial charge in [0.05, 0.1) is 0 Å². The van der Waals surface area contributed by atoms with Crippen LogP contribution in [0.1, 0.15) is 19.3 Å². The molecule has 1 aromatic rings. The van der Waals surface area contributed by atoms with E-state index in [0.29, 0.717) is 32.7 Å². The summed E-state index contributed by atoms with van der Waals surface area (Å²) in [6, 6.07) is 3.16. The van der Waals surface area contributed by atoms with Crippen LogP contribution in [0.4, 0.5) is 0 Å². The van der Waals surface area contributed by atoms with Crippen molar-refractivity contribution in [3.05, 3.63) is 24.5 Å². The fourth-order valence-electron chi connectivity index (χ4n) is 3.68. The van der Waals surface area contributed by atoms with Crippen LogP contribution in [0, 0.1) is 11.8 Å². The summed E-state index contributed by atoms with van der Waals surface area (Å²) in [6.45, 7) is 2.07. The van der Waals surface area contributed by atoms with Crippen LogP contribution in [0.5, 0.6) is 0 Å². The molecule has 0 bridgehead atoms. The van der Waals surface area contributed by atoms with E-state index in [0.717, 1.165) is 19.3 Å². The minimum Gasteiger partial charge on any atom is -0.340 e. The van der Waals surface area contributed by atoms with Crippen LogP contribution in [0.2, 0.25) is 0 Å². The monoisotopic (exact) mass is 352 g/mol. The molecule has 2 fully saturated rings. The molecular formula is C16H24N4O3S. The van der Waals surface area contributed by atoms with Crippen LogP contribution >= 0.6 is 0 Å². The number of rotatable bonds is 4. The molecule has 1 amide bonds. The lowest BCUT2D eigenvalue weighted by molar-refractivity contribution is -0.137. The number of sulfonamides is 1. The lowest BCUT2D eigenvalue weighted by Gasteiger charge is -2.36. The van der Waals surface area contributed by atoms with Crippen molar-refractivity contribution in [1.29, 1.82) is 0 Å². The number of amides is 1. The first-order valence-electron chi connectivity index (χ1n) is 8.43. The molecule has 2 heterocycles. The van der Waals surface area contributed by atoms with Crippen molar-refractivity contribution in [2.75, 3.05) is 32.7 Å². The molecule has 2 aliphatic rings. The molecule has 1 aromatic heterocycles. The van der Waals surface area contributed by atoms with Crippen LogP contribution < -0.4 is 5.73 Å². The van der Waals surface area contributed by atoms with Crippen molar-refractivity contribution in [3.63, 3.8) is 0 Å². The van der Waals surface area contributed by atoms with Crippen molar-refractivity contribution in [1.82, 2.24) is 14.2 Å². The van der Waals surface area contributed by atoms with Crippen molar-refractivity contribution in [2.45, 2.75) is 24.2 Å². The Balaban J connectivity index is 1.63. The SMILES string of the molecule is NC[C@H]1CCC[C@H]1C(=O)N1CCN(S(=O)(=O)c2cccnc2)CC1. The molecule has 1 saturated heterocycles. The second-order valence-electron chi connectivity index (χ2n) is 6.45. The van der Waals surface area contributed by atoms with Gasteiger partial charge in [-0.05, 0) is 37.4 Å². The van der Waals surface area contributed by atoms with Crippen molar-refractivity contribution in [3.8, 4) is 0 Å². The number of nitrogens with zero attached hydrogens (tertiary/aromatic N) is 3. The summed E-state index contributed by atoms with van der Waals surface area (Å²) in [6.07, 6.45) is 5.87. The third-order valence-electron chi connectivity index (χ3n) is 5.10. The summed E-state index contributed by atoms with van der Waals surface area (Å²) in [5, 5.41) is 0. The normalized spacial score (nSPS) is 25.8. The van der Waals surface area contributed by atoms with Gasteiger partial charge in [0, 0.05) is 44.5 Å². The number of nitrogens with two attached hydrogens (primary N) is 1. The number of carbonyl (C=O) groups is 1. The Hall–Kier alpha value is -1.51. The Morgan fingerprint density at radius 3 is 2.62 bits per heavy atom. The lowest BCUT2D eigenvalue weighted by Crippen LogP contribution is -2.52. The van der Waals surface area contributed by atoms with E-state index in [2.05, 4.69) is 4.98 Å². The average Bonchev–Trinajstić information content (AvgIpc) is 3.10. The molecule has 0 unspecified atom stereocenters. The topological polar surface area (TPSA) is 96.6 Å². The van der Waals surface area contributed by atoms with Gasteiger partial charge < -0.3 is 10.6 Å². The van der Waals surface area contributed by atoms with E-state index in [9.17, 15) is 13.2 Å². The third kappa shape index (κ3) is 3.31. The van der Waals surface area contributed by atoms with Gasteiger partial charge in [-0.15, -0.1) is 0 Å². The van der Waals surface area contributed by atoms with Crippen molar-refractivity contribution < 1.29 is 13.2 Å². The largest absolute Gasteiger partial charge is 0.340 e. The Bertz CT molecular complexity index is 672. The van der Waals surface area contributed by atoms with Gasteiger partial charge in [0.25, 0.3) is 0 Å². The predicted octanol–water partition coefficient (Wildman–Crippen LogP) is 0.290. The highest BCUT2D eigenvalue weighted by atomic mass is 32.2. The Labute approximate surface area is 142 Å². The third-order valence-corrected chi connectivity index (χ3v) is 6.98.